The van der Waals surface area contributed by atoms with Crippen molar-refractivity contribution in [1.82, 2.24) is 4.90 Å². The Balaban J connectivity index is 2.01. The van der Waals surface area contributed by atoms with Crippen LogP contribution in [0.5, 0.6) is 0 Å². The van der Waals surface area contributed by atoms with Gasteiger partial charge in [-0.05, 0) is 31.6 Å². The number of carbonyl (C=O) groups is 2. The zero-order valence-electron chi connectivity index (χ0n) is 11.3. The number of amides is 1. The minimum Gasteiger partial charge on any atom is -0.480 e. The van der Waals surface area contributed by atoms with Crippen LogP contribution in [0.3, 0.4) is 0 Å². The predicted octanol–water partition coefficient (Wildman–Crippen LogP) is 1.43. The molecule has 2 aliphatic rings. The maximum atomic E-state index is 12.2. The van der Waals surface area contributed by atoms with E-state index in [0.29, 0.717) is 13.2 Å². The fourth-order valence-electron chi connectivity index (χ4n) is 2.61. The Hall–Kier alpha value is -1.36. The zero-order valence-corrected chi connectivity index (χ0v) is 11.3. The molecule has 2 fully saturated rings. The lowest BCUT2D eigenvalue weighted by Crippen LogP contribution is -2.52. The number of ether oxygens (including phenoxy) is 1. The van der Waals surface area contributed by atoms with E-state index >= 15 is 0 Å². The van der Waals surface area contributed by atoms with Crippen molar-refractivity contribution in [3.63, 3.8) is 0 Å². The van der Waals surface area contributed by atoms with Crippen LogP contribution in [0.2, 0.25) is 0 Å². The first-order chi connectivity index (χ1) is 9.08. The summed E-state index contributed by atoms with van der Waals surface area (Å²) >= 11 is 0. The molecule has 1 amide bonds. The summed E-state index contributed by atoms with van der Waals surface area (Å²) in [4.78, 5) is 24.7. The van der Waals surface area contributed by atoms with Crippen molar-refractivity contribution in [2.24, 2.45) is 5.92 Å². The number of hydrogen-bond acceptors (Lipinski definition) is 3. The van der Waals surface area contributed by atoms with Crippen LogP contribution in [-0.4, -0.2) is 47.7 Å². The highest BCUT2D eigenvalue weighted by atomic mass is 16.5. The highest BCUT2D eigenvalue weighted by molar-refractivity contribution is 5.92. The molecule has 5 nitrogen and oxygen atoms in total. The largest absolute Gasteiger partial charge is 0.480 e. The minimum absolute atomic E-state index is 0.0846. The van der Waals surface area contributed by atoms with E-state index in [2.05, 4.69) is 6.92 Å². The van der Waals surface area contributed by atoms with Gasteiger partial charge in [0.1, 0.15) is 0 Å². The lowest BCUT2D eigenvalue weighted by molar-refractivity contribution is -0.156. The summed E-state index contributed by atoms with van der Waals surface area (Å²) in [7, 11) is 0. The molecule has 1 aliphatic carbocycles. The van der Waals surface area contributed by atoms with Gasteiger partial charge in [-0.2, -0.15) is 0 Å². The third-order valence-corrected chi connectivity index (χ3v) is 3.94. The maximum Gasteiger partial charge on any atom is 0.328 e. The van der Waals surface area contributed by atoms with Crippen LogP contribution >= 0.6 is 0 Å². The Morgan fingerprint density at radius 3 is 2.68 bits per heavy atom. The molecule has 106 valence electrons. The van der Waals surface area contributed by atoms with E-state index in [1.165, 1.54) is 4.90 Å². The summed E-state index contributed by atoms with van der Waals surface area (Å²) in [6, 6.07) is -0.847. The molecule has 1 saturated carbocycles. The molecule has 0 aromatic heterocycles. The number of morpholine rings is 1. The molecule has 0 aromatic rings. The van der Waals surface area contributed by atoms with Gasteiger partial charge in [0.2, 0.25) is 5.91 Å². The second kappa shape index (κ2) is 6.19. The first kappa shape index (κ1) is 14.1. The van der Waals surface area contributed by atoms with Gasteiger partial charge in [-0.25, -0.2) is 4.79 Å². The molecule has 0 unspecified atom stereocenters. The van der Waals surface area contributed by atoms with Gasteiger partial charge in [0.15, 0.2) is 6.04 Å². The standard InChI is InChI=1S/C14H21NO4/c1-10-2-4-11(5-3-10)8-13(16)15-6-7-19-9-12(15)14(17)18/h8,10,12H,2-7,9H2,1H3,(H,17,18)/t10?,12-/m0/s1. The first-order valence-electron chi connectivity index (χ1n) is 6.88. The molecule has 1 atom stereocenters. The van der Waals surface area contributed by atoms with Crippen LogP contribution in [0.4, 0.5) is 0 Å². The highest BCUT2D eigenvalue weighted by Crippen LogP contribution is 2.27. The number of hydrogen-bond donors (Lipinski definition) is 1. The summed E-state index contributed by atoms with van der Waals surface area (Å²) < 4.78 is 5.13. The van der Waals surface area contributed by atoms with Crippen LogP contribution in [0.25, 0.3) is 0 Å². The quantitative estimate of drug-likeness (QED) is 0.769. The van der Waals surface area contributed by atoms with E-state index in [0.717, 1.165) is 37.2 Å². The maximum absolute atomic E-state index is 12.2. The predicted molar refractivity (Wildman–Crippen MR) is 69.7 cm³/mol. The van der Waals surface area contributed by atoms with Crippen molar-refractivity contribution < 1.29 is 19.4 Å². The molecule has 5 heteroatoms. The van der Waals surface area contributed by atoms with Crippen LogP contribution in [0.15, 0.2) is 11.6 Å². The number of carboxylic acids is 1. The van der Waals surface area contributed by atoms with E-state index in [4.69, 9.17) is 9.84 Å². The van der Waals surface area contributed by atoms with E-state index in [9.17, 15) is 9.59 Å². The minimum atomic E-state index is -0.997. The number of carbonyl (C=O) groups excluding carboxylic acids is 1. The molecule has 0 radical (unpaired) electrons. The summed E-state index contributed by atoms with van der Waals surface area (Å²) in [5.41, 5.74) is 1.15. The van der Waals surface area contributed by atoms with E-state index in [1.807, 2.05) is 0 Å². The van der Waals surface area contributed by atoms with E-state index in [-0.39, 0.29) is 12.5 Å². The number of allylic oxidation sites excluding steroid dienone is 1. The van der Waals surface area contributed by atoms with Crippen LogP contribution in [0.1, 0.15) is 32.6 Å². The van der Waals surface area contributed by atoms with Crippen molar-refractivity contribution in [3.05, 3.63) is 11.6 Å². The average Bonchev–Trinajstić information content (AvgIpc) is 2.41. The van der Waals surface area contributed by atoms with Crippen LogP contribution in [0, 0.1) is 5.92 Å². The Bertz CT molecular complexity index is 381. The van der Waals surface area contributed by atoms with E-state index < -0.39 is 12.0 Å². The molecular formula is C14H21NO4. The summed E-state index contributed by atoms with van der Waals surface area (Å²) in [6.07, 6.45) is 5.78. The average molecular weight is 267 g/mol. The van der Waals surface area contributed by atoms with Crippen molar-refractivity contribution in [1.29, 1.82) is 0 Å². The summed E-state index contributed by atoms with van der Waals surface area (Å²) in [5.74, 6) is -0.452. The third kappa shape index (κ3) is 3.56. The monoisotopic (exact) mass is 267 g/mol. The SMILES string of the molecule is CC1CCC(=CC(=O)N2CCOC[C@H]2C(=O)O)CC1. The molecule has 0 aromatic carbocycles. The highest BCUT2D eigenvalue weighted by Gasteiger charge is 2.32. The molecule has 1 aliphatic heterocycles. The van der Waals surface area contributed by atoms with Crippen molar-refractivity contribution >= 4 is 11.9 Å². The number of aliphatic carboxylic acids is 1. The van der Waals surface area contributed by atoms with Crippen LogP contribution < -0.4 is 0 Å². The molecule has 0 spiro atoms. The van der Waals surface area contributed by atoms with Gasteiger partial charge < -0.3 is 14.7 Å². The summed E-state index contributed by atoms with van der Waals surface area (Å²) in [6.45, 7) is 3.08. The Morgan fingerprint density at radius 2 is 2.05 bits per heavy atom. The van der Waals surface area contributed by atoms with Gasteiger partial charge in [-0.1, -0.05) is 12.5 Å². The molecular weight excluding hydrogens is 246 g/mol. The second-order valence-corrected chi connectivity index (χ2v) is 5.45. The van der Waals surface area contributed by atoms with Crippen LogP contribution in [-0.2, 0) is 14.3 Å². The second-order valence-electron chi connectivity index (χ2n) is 5.45. The van der Waals surface area contributed by atoms with Gasteiger partial charge in [-0.15, -0.1) is 0 Å². The lowest BCUT2D eigenvalue weighted by Gasteiger charge is -2.32. The molecule has 19 heavy (non-hydrogen) atoms. The van der Waals surface area contributed by atoms with Gasteiger partial charge in [0.05, 0.1) is 13.2 Å². The first-order valence-corrected chi connectivity index (χ1v) is 6.88. The fourth-order valence-corrected chi connectivity index (χ4v) is 2.61. The Labute approximate surface area is 113 Å². The van der Waals surface area contributed by atoms with Gasteiger partial charge in [0.25, 0.3) is 0 Å². The van der Waals surface area contributed by atoms with Gasteiger partial charge in [0, 0.05) is 12.6 Å². The van der Waals surface area contributed by atoms with Crippen molar-refractivity contribution in [2.45, 2.75) is 38.6 Å². The smallest absolute Gasteiger partial charge is 0.328 e. The molecule has 1 heterocycles. The lowest BCUT2D eigenvalue weighted by atomic mass is 9.87. The topological polar surface area (TPSA) is 66.8 Å². The number of rotatable bonds is 2. The number of carboxylic acid groups (broad SMARTS) is 1. The zero-order chi connectivity index (χ0) is 13.8. The number of nitrogens with zero attached hydrogens (tertiary/aromatic N) is 1. The Kier molecular flexibility index (Phi) is 4.58. The van der Waals surface area contributed by atoms with Crippen molar-refractivity contribution in [2.75, 3.05) is 19.8 Å². The van der Waals surface area contributed by atoms with Gasteiger partial charge >= 0.3 is 5.97 Å². The molecule has 1 saturated heterocycles. The molecule has 2 rings (SSSR count). The fraction of sp³-hybridized carbons (Fsp3) is 0.714. The molecule has 1 N–H and O–H groups in total. The molecule has 0 bridgehead atoms. The normalized spacial score (nSPS) is 28.1. The summed E-state index contributed by atoms with van der Waals surface area (Å²) in [5, 5.41) is 9.10. The van der Waals surface area contributed by atoms with E-state index in [1.54, 1.807) is 6.08 Å². The third-order valence-electron chi connectivity index (χ3n) is 3.94. The van der Waals surface area contributed by atoms with Crippen molar-refractivity contribution in [3.8, 4) is 0 Å². The Morgan fingerprint density at radius 1 is 1.37 bits per heavy atom. The van der Waals surface area contributed by atoms with Gasteiger partial charge in [-0.3, -0.25) is 4.79 Å².